The summed E-state index contributed by atoms with van der Waals surface area (Å²) in [6.07, 6.45) is 5.58. The Bertz CT molecular complexity index is 1460. The lowest BCUT2D eigenvalue weighted by Crippen LogP contribution is -2.24. The van der Waals surface area contributed by atoms with Crippen LogP contribution in [0.3, 0.4) is 0 Å². The number of hydrogen-bond donors (Lipinski definition) is 1. The van der Waals surface area contributed by atoms with Gasteiger partial charge in [0.25, 0.3) is 0 Å². The molecule has 0 amide bonds. The number of aromatic nitrogens is 3. The van der Waals surface area contributed by atoms with Crippen molar-refractivity contribution in [2.75, 3.05) is 0 Å². The molecule has 39 heavy (non-hydrogen) atoms. The van der Waals surface area contributed by atoms with Crippen molar-refractivity contribution in [2.45, 2.75) is 83.1 Å². The molecule has 204 valence electrons. The second kappa shape index (κ2) is 12.1. The number of nitriles is 1. The van der Waals surface area contributed by atoms with Crippen LogP contribution in [0.25, 0.3) is 22.2 Å². The van der Waals surface area contributed by atoms with Crippen LogP contribution >= 0.6 is 23.2 Å². The highest BCUT2D eigenvalue weighted by Gasteiger charge is 2.34. The Morgan fingerprint density at radius 2 is 1.74 bits per heavy atom. The molecule has 2 saturated carbocycles. The van der Waals surface area contributed by atoms with E-state index in [1.165, 1.54) is 0 Å². The molecule has 0 radical (unpaired) electrons. The first kappa shape index (κ1) is 27.7. The second-order valence-corrected chi connectivity index (χ2v) is 11.3. The van der Waals surface area contributed by atoms with Gasteiger partial charge in [0.2, 0.25) is 0 Å². The third-order valence-electron chi connectivity index (χ3n) is 7.28. The van der Waals surface area contributed by atoms with Crippen LogP contribution in [0.15, 0.2) is 47.0 Å². The van der Waals surface area contributed by atoms with Crippen molar-refractivity contribution in [1.29, 1.82) is 5.26 Å². The van der Waals surface area contributed by atoms with Gasteiger partial charge < -0.3 is 14.4 Å². The summed E-state index contributed by atoms with van der Waals surface area (Å²) in [6.45, 7) is 4.55. The number of fused-ring (bicyclic) bond motifs is 1. The Balaban J connectivity index is 0.000000186. The standard InChI is InChI=1S/C19H21Cl2NO3.C11H11N3/c20-15-2-1-3-16(21)17(15)18-14(19(25-22-18)11-4-5-11)10-24-13-8-6-12(23)7-9-13;1-8(2)14-11-6-4-3-5-9(11)10(7-12)13-14/h1-3,11-13,23H,4-10H2;3-6,8H,1-2H3. The number of nitrogens with zero attached hydrogens (tertiary/aromatic N) is 4. The van der Waals surface area contributed by atoms with E-state index < -0.39 is 0 Å². The molecule has 4 aromatic rings. The molecule has 2 fully saturated rings. The summed E-state index contributed by atoms with van der Waals surface area (Å²) in [5.74, 6) is 1.33. The Labute approximate surface area is 238 Å². The quantitative estimate of drug-likeness (QED) is 0.255. The molecule has 0 saturated heterocycles. The molecular weight excluding hydrogens is 535 g/mol. The largest absolute Gasteiger partial charge is 0.393 e. The molecule has 0 unspecified atom stereocenters. The first-order valence-electron chi connectivity index (χ1n) is 13.5. The molecule has 0 bridgehead atoms. The summed E-state index contributed by atoms with van der Waals surface area (Å²) in [7, 11) is 0. The third-order valence-corrected chi connectivity index (χ3v) is 7.91. The van der Waals surface area contributed by atoms with Crippen molar-refractivity contribution in [1.82, 2.24) is 14.9 Å². The van der Waals surface area contributed by atoms with Gasteiger partial charge in [0.1, 0.15) is 17.5 Å². The predicted octanol–water partition coefficient (Wildman–Crippen LogP) is 7.83. The van der Waals surface area contributed by atoms with Crippen LogP contribution in [-0.2, 0) is 11.3 Å². The highest BCUT2D eigenvalue weighted by Crippen LogP contribution is 2.46. The van der Waals surface area contributed by atoms with Crippen LogP contribution in [0.1, 0.15) is 81.3 Å². The summed E-state index contributed by atoms with van der Waals surface area (Å²) in [4.78, 5) is 0. The van der Waals surface area contributed by atoms with E-state index in [-0.39, 0.29) is 18.2 Å². The Morgan fingerprint density at radius 3 is 2.38 bits per heavy atom. The van der Waals surface area contributed by atoms with Crippen molar-refractivity contribution < 1.29 is 14.4 Å². The fraction of sp³-hybridized carbons (Fsp3) is 0.433. The molecule has 1 N–H and O–H groups in total. The molecule has 0 spiro atoms. The molecule has 7 nitrogen and oxygen atoms in total. The van der Waals surface area contributed by atoms with Crippen molar-refractivity contribution in [3.05, 3.63) is 69.5 Å². The second-order valence-electron chi connectivity index (χ2n) is 10.5. The van der Waals surface area contributed by atoms with E-state index in [4.69, 9.17) is 37.7 Å². The number of para-hydroxylation sites is 1. The molecule has 2 aliphatic carbocycles. The van der Waals surface area contributed by atoms with E-state index >= 15 is 0 Å². The smallest absolute Gasteiger partial charge is 0.170 e. The lowest BCUT2D eigenvalue weighted by Gasteiger charge is -2.25. The van der Waals surface area contributed by atoms with E-state index in [9.17, 15) is 5.11 Å². The van der Waals surface area contributed by atoms with Gasteiger partial charge in [-0.05, 0) is 76.6 Å². The van der Waals surface area contributed by atoms with Gasteiger partial charge >= 0.3 is 0 Å². The summed E-state index contributed by atoms with van der Waals surface area (Å²) < 4.78 is 13.7. The van der Waals surface area contributed by atoms with E-state index in [1.807, 2.05) is 35.0 Å². The molecule has 2 aromatic heterocycles. The summed E-state index contributed by atoms with van der Waals surface area (Å²) >= 11 is 12.7. The maximum Gasteiger partial charge on any atom is 0.170 e. The summed E-state index contributed by atoms with van der Waals surface area (Å²) in [5.41, 5.74) is 3.89. The number of rotatable bonds is 6. The third kappa shape index (κ3) is 6.15. The van der Waals surface area contributed by atoms with Crippen LogP contribution < -0.4 is 0 Å². The topological polar surface area (TPSA) is 97.1 Å². The Morgan fingerprint density at radius 1 is 1.05 bits per heavy atom. The van der Waals surface area contributed by atoms with Crippen LogP contribution in [0.4, 0.5) is 0 Å². The number of halogens is 2. The van der Waals surface area contributed by atoms with Crippen molar-refractivity contribution in [3.8, 4) is 17.3 Å². The van der Waals surface area contributed by atoms with Crippen molar-refractivity contribution in [3.63, 3.8) is 0 Å². The van der Waals surface area contributed by atoms with Crippen LogP contribution in [0, 0.1) is 11.3 Å². The maximum atomic E-state index is 9.65. The van der Waals surface area contributed by atoms with Gasteiger partial charge in [0, 0.05) is 28.5 Å². The molecule has 9 heteroatoms. The normalized spacial score (nSPS) is 19.1. The molecule has 0 atom stereocenters. The minimum absolute atomic E-state index is 0.167. The van der Waals surface area contributed by atoms with Crippen molar-refractivity contribution >= 4 is 34.1 Å². The Hall–Kier alpha value is -2.89. The average Bonchev–Trinajstić information content (AvgIpc) is 3.58. The lowest BCUT2D eigenvalue weighted by atomic mass is 9.95. The van der Waals surface area contributed by atoms with E-state index in [0.29, 0.717) is 39.5 Å². The van der Waals surface area contributed by atoms with Gasteiger partial charge in [-0.3, -0.25) is 4.68 Å². The zero-order valence-corrected chi connectivity index (χ0v) is 23.6. The first-order chi connectivity index (χ1) is 18.9. The van der Waals surface area contributed by atoms with Gasteiger partial charge in [0.15, 0.2) is 5.69 Å². The monoisotopic (exact) mass is 566 g/mol. The highest BCUT2D eigenvalue weighted by atomic mass is 35.5. The molecule has 2 aromatic carbocycles. The summed E-state index contributed by atoms with van der Waals surface area (Å²) in [5, 5.41) is 29.2. The number of aliphatic hydroxyl groups excluding tert-OH is 1. The van der Waals surface area contributed by atoms with E-state index in [2.05, 4.69) is 30.2 Å². The predicted molar refractivity (Wildman–Crippen MR) is 152 cm³/mol. The average molecular weight is 568 g/mol. The molecule has 6 rings (SSSR count). The van der Waals surface area contributed by atoms with Gasteiger partial charge in [-0.1, -0.05) is 46.6 Å². The van der Waals surface area contributed by atoms with Crippen LogP contribution in [0.5, 0.6) is 0 Å². The van der Waals surface area contributed by atoms with Gasteiger partial charge in [0.05, 0.1) is 34.4 Å². The zero-order chi connectivity index (χ0) is 27.5. The first-order valence-corrected chi connectivity index (χ1v) is 14.2. The minimum atomic E-state index is -0.185. The molecule has 0 aliphatic heterocycles. The molecule has 2 aliphatic rings. The highest BCUT2D eigenvalue weighted by molar-refractivity contribution is 6.39. The lowest BCUT2D eigenvalue weighted by molar-refractivity contribution is -0.0121. The van der Waals surface area contributed by atoms with Crippen LogP contribution in [-0.4, -0.2) is 32.3 Å². The van der Waals surface area contributed by atoms with Crippen molar-refractivity contribution in [2.24, 2.45) is 0 Å². The fourth-order valence-electron chi connectivity index (χ4n) is 5.03. The number of aliphatic hydroxyl groups is 1. The summed E-state index contributed by atoms with van der Waals surface area (Å²) in [6, 6.07) is 15.6. The van der Waals surface area contributed by atoms with Gasteiger partial charge in [-0.25, -0.2) is 0 Å². The molecular formula is C30H32Cl2N4O3. The fourth-order valence-corrected chi connectivity index (χ4v) is 5.60. The SMILES string of the molecule is CC(C)n1nc(C#N)c2ccccc21.OC1CCC(OCc2c(-c3c(Cl)cccc3Cl)noc2C2CC2)CC1. The zero-order valence-electron chi connectivity index (χ0n) is 22.1. The number of ether oxygens (including phenoxy) is 1. The molecule has 2 heterocycles. The minimum Gasteiger partial charge on any atom is -0.393 e. The van der Waals surface area contributed by atoms with Gasteiger partial charge in [-0.2, -0.15) is 10.4 Å². The van der Waals surface area contributed by atoms with E-state index in [0.717, 1.165) is 60.8 Å². The maximum absolute atomic E-state index is 9.65. The van der Waals surface area contributed by atoms with E-state index in [1.54, 1.807) is 12.1 Å². The van der Waals surface area contributed by atoms with Gasteiger partial charge in [-0.15, -0.1) is 0 Å². The number of benzene rings is 2. The Kier molecular flexibility index (Phi) is 8.58. The number of hydrogen-bond acceptors (Lipinski definition) is 6. The van der Waals surface area contributed by atoms with Crippen LogP contribution in [0.2, 0.25) is 10.0 Å².